The van der Waals surface area contributed by atoms with E-state index in [1.807, 2.05) is 6.07 Å². The predicted octanol–water partition coefficient (Wildman–Crippen LogP) is 7.27. The van der Waals surface area contributed by atoms with Gasteiger partial charge >= 0.3 is 5.63 Å². The van der Waals surface area contributed by atoms with Crippen LogP contribution in [0.25, 0.3) is 22.1 Å². The average Bonchev–Trinajstić information content (AvgIpc) is 2.79. The lowest BCUT2D eigenvalue weighted by molar-refractivity contribution is 0.453. The van der Waals surface area contributed by atoms with Gasteiger partial charge in [0.15, 0.2) is 0 Å². The van der Waals surface area contributed by atoms with Crippen LogP contribution in [0.4, 0.5) is 0 Å². The molecule has 0 unspecified atom stereocenters. The zero-order valence-electron chi connectivity index (χ0n) is 17.3. The normalized spacial score (nSPS) is 11.1. The van der Waals surface area contributed by atoms with Gasteiger partial charge in [0.2, 0.25) is 0 Å². The standard InChI is InChI=1S/C27H25BrO3/c28-22-17-15-21(16-18-22)20-13-11-19(12-14-20)7-3-1-2-4-9-24-26(29)23-8-5-6-10-25(23)31-27(24)30/h5-6,8,10-18,29H,1-4,7,9H2. The molecular weight excluding hydrogens is 452 g/mol. The van der Waals surface area contributed by atoms with Crippen LogP contribution in [0.5, 0.6) is 5.75 Å². The van der Waals surface area contributed by atoms with E-state index in [0.29, 0.717) is 23.0 Å². The molecule has 0 fully saturated rings. The van der Waals surface area contributed by atoms with Crippen molar-refractivity contribution < 1.29 is 9.52 Å². The van der Waals surface area contributed by atoms with Gasteiger partial charge in [-0.05, 0) is 66.6 Å². The van der Waals surface area contributed by atoms with E-state index in [1.165, 1.54) is 16.7 Å². The first kappa shape index (κ1) is 21.4. The van der Waals surface area contributed by atoms with Gasteiger partial charge in [0, 0.05) is 4.47 Å². The molecule has 0 aliphatic rings. The van der Waals surface area contributed by atoms with Crippen molar-refractivity contribution in [3.05, 3.63) is 98.8 Å². The maximum atomic E-state index is 12.2. The van der Waals surface area contributed by atoms with Gasteiger partial charge in [-0.25, -0.2) is 4.79 Å². The van der Waals surface area contributed by atoms with Crippen LogP contribution in [0.3, 0.4) is 0 Å². The first-order valence-electron chi connectivity index (χ1n) is 10.7. The van der Waals surface area contributed by atoms with E-state index < -0.39 is 5.63 Å². The summed E-state index contributed by atoms with van der Waals surface area (Å²) < 4.78 is 6.43. The third-order valence-electron chi connectivity index (χ3n) is 5.65. The molecule has 1 N–H and O–H groups in total. The molecule has 3 nitrogen and oxygen atoms in total. The molecule has 1 heterocycles. The molecule has 4 heteroatoms. The Kier molecular flexibility index (Phi) is 6.88. The molecule has 0 atom stereocenters. The maximum absolute atomic E-state index is 12.2. The molecule has 31 heavy (non-hydrogen) atoms. The first-order valence-corrected chi connectivity index (χ1v) is 11.5. The van der Waals surface area contributed by atoms with Gasteiger partial charge in [-0.3, -0.25) is 0 Å². The zero-order valence-corrected chi connectivity index (χ0v) is 18.9. The Labute approximate surface area is 190 Å². The summed E-state index contributed by atoms with van der Waals surface area (Å²) in [6.07, 6.45) is 5.66. The topological polar surface area (TPSA) is 50.4 Å². The molecule has 4 aromatic rings. The van der Waals surface area contributed by atoms with Gasteiger partial charge in [-0.1, -0.05) is 77.3 Å². The minimum Gasteiger partial charge on any atom is -0.507 e. The van der Waals surface area contributed by atoms with Crippen molar-refractivity contribution in [2.24, 2.45) is 0 Å². The summed E-state index contributed by atoms with van der Waals surface area (Å²) in [7, 11) is 0. The smallest absolute Gasteiger partial charge is 0.343 e. The number of halogens is 1. The Morgan fingerprint density at radius 3 is 2.06 bits per heavy atom. The van der Waals surface area contributed by atoms with Crippen molar-refractivity contribution in [2.75, 3.05) is 0 Å². The van der Waals surface area contributed by atoms with Gasteiger partial charge < -0.3 is 9.52 Å². The lowest BCUT2D eigenvalue weighted by Crippen LogP contribution is -2.07. The van der Waals surface area contributed by atoms with E-state index in [0.717, 1.165) is 36.6 Å². The van der Waals surface area contributed by atoms with E-state index in [-0.39, 0.29) is 5.75 Å². The number of aromatic hydroxyl groups is 1. The van der Waals surface area contributed by atoms with E-state index in [9.17, 15) is 9.90 Å². The molecular formula is C27H25BrO3. The highest BCUT2D eigenvalue weighted by molar-refractivity contribution is 9.10. The minimum absolute atomic E-state index is 0.0673. The van der Waals surface area contributed by atoms with E-state index >= 15 is 0 Å². The summed E-state index contributed by atoms with van der Waals surface area (Å²) in [5.41, 5.74) is 4.18. The van der Waals surface area contributed by atoms with Crippen molar-refractivity contribution in [1.29, 1.82) is 0 Å². The van der Waals surface area contributed by atoms with Crippen molar-refractivity contribution in [2.45, 2.75) is 38.5 Å². The number of unbranched alkanes of at least 4 members (excludes halogenated alkanes) is 3. The Hall–Kier alpha value is -2.85. The van der Waals surface area contributed by atoms with Crippen LogP contribution in [0.1, 0.15) is 36.8 Å². The van der Waals surface area contributed by atoms with Gasteiger partial charge in [0.05, 0.1) is 10.9 Å². The molecule has 0 spiro atoms. The summed E-state index contributed by atoms with van der Waals surface area (Å²) in [6, 6.07) is 24.2. The summed E-state index contributed by atoms with van der Waals surface area (Å²) >= 11 is 3.47. The first-order chi connectivity index (χ1) is 15.1. The Morgan fingerprint density at radius 2 is 1.35 bits per heavy atom. The van der Waals surface area contributed by atoms with E-state index in [4.69, 9.17) is 4.42 Å². The number of hydrogen-bond donors (Lipinski definition) is 1. The van der Waals surface area contributed by atoms with Crippen molar-refractivity contribution in [3.63, 3.8) is 0 Å². The fraction of sp³-hybridized carbons (Fsp3) is 0.222. The van der Waals surface area contributed by atoms with Crippen LogP contribution >= 0.6 is 15.9 Å². The van der Waals surface area contributed by atoms with Crippen LogP contribution in [0.2, 0.25) is 0 Å². The SMILES string of the molecule is O=c1oc2ccccc2c(O)c1CCCCCCc1ccc(-c2ccc(Br)cc2)cc1. The Morgan fingerprint density at radius 1 is 0.742 bits per heavy atom. The van der Waals surface area contributed by atoms with Crippen LogP contribution in [0, 0.1) is 0 Å². The molecule has 0 aliphatic carbocycles. The molecule has 3 aromatic carbocycles. The number of hydrogen-bond acceptors (Lipinski definition) is 3. The average molecular weight is 477 g/mol. The van der Waals surface area contributed by atoms with Gasteiger partial charge in [0.1, 0.15) is 11.3 Å². The molecule has 158 valence electrons. The van der Waals surface area contributed by atoms with Crippen LogP contribution in [-0.4, -0.2) is 5.11 Å². The van der Waals surface area contributed by atoms with Crippen LogP contribution in [-0.2, 0) is 12.8 Å². The van der Waals surface area contributed by atoms with Crippen LogP contribution < -0.4 is 5.63 Å². The third kappa shape index (κ3) is 5.26. The second-order valence-corrected chi connectivity index (χ2v) is 8.75. The highest BCUT2D eigenvalue weighted by atomic mass is 79.9. The minimum atomic E-state index is -0.429. The van der Waals surface area contributed by atoms with Crippen molar-refractivity contribution in [3.8, 4) is 16.9 Å². The fourth-order valence-corrected chi connectivity index (χ4v) is 4.15. The molecule has 0 radical (unpaired) electrons. The quantitative estimate of drug-likeness (QED) is 0.214. The van der Waals surface area contributed by atoms with Gasteiger partial charge in [0.25, 0.3) is 0 Å². The number of benzene rings is 3. The molecule has 0 bridgehead atoms. The van der Waals surface area contributed by atoms with Gasteiger partial charge in [-0.15, -0.1) is 0 Å². The van der Waals surface area contributed by atoms with Crippen LogP contribution in [0.15, 0.2) is 86.5 Å². The van der Waals surface area contributed by atoms with Crippen molar-refractivity contribution >= 4 is 26.9 Å². The molecule has 1 aromatic heterocycles. The predicted molar refractivity (Wildman–Crippen MR) is 130 cm³/mol. The highest BCUT2D eigenvalue weighted by Crippen LogP contribution is 2.27. The Bertz CT molecular complexity index is 1210. The van der Waals surface area contributed by atoms with E-state index in [2.05, 4.69) is 64.5 Å². The number of aryl methyl sites for hydroxylation is 1. The zero-order chi connectivity index (χ0) is 21.6. The third-order valence-corrected chi connectivity index (χ3v) is 6.18. The molecule has 0 amide bonds. The summed E-state index contributed by atoms with van der Waals surface area (Å²) in [6.45, 7) is 0. The number of rotatable bonds is 8. The summed E-state index contributed by atoms with van der Waals surface area (Å²) in [4.78, 5) is 12.2. The fourth-order valence-electron chi connectivity index (χ4n) is 3.88. The monoisotopic (exact) mass is 476 g/mol. The second kappa shape index (κ2) is 9.97. The maximum Gasteiger partial charge on any atom is 0.343 e. The lowest BCUT2D eigenvalue weighted by atomic mass is 10.0. The van der Waals surface area contributed by atoms with Crippen molar-refractivity contribution in [1.82, 2.24) is 0 Å². The second-order valence-electron chi connectivity index (χ2n) is 7.83. The lowest BCUT2D eigenvalue weighted by Gasteiger charge is -2.07. The molecule has 0 aliphatic heterocycles. The van der Waals surface area contributed by atoms with Gasteiger partial charge in [-0.2, -0.15) is 0 Å². The number of para-hydroxylation sites is 1. The summed E-state index contributed by atoms with van der Waals surface area (Å²) in [5.74, 6) is 0.0673. The molecule has 0 saturated heterocycles. The summed E-state index contributed by atoms with van der Waals surface area (Å²) in [5, 5.41) is 11.0. The highest BCUT2D eigenvalue weighted by Gasteiger charge is 2.13. The molecule has 4 rings (SSSR count). The molecule has 0 saturated carbocycles. The number of fused-ring (bicyclic) bond motifs is 1. The Balaban J connectivity index is 1.24. The largest absolute Gasteiger partial charge is 0.507 e. The van der Waals surface area contributed by atoms with E-state index in [1.54, 1.807) is 18.2 Å².